The van der Waals surface area contributed by atoms with Crippen LogP contribution in [0.2, 0.25) is 0 Å². The fourth-order valence-corrected chi connectivity index (χ4v) is 2.65. The molecule has 1 amide bonds. The summed E-state index contributed by atoms with van der Waals surface area (Å²) in [5.74, 6) is -0.0437. The highest BCUT2D eigenvalue weighted by Gasteiger charge is 2.10. The molecule has 0 aromatic heterocycles. The fourth-order valence-electron chi connectivity index (χ4n) is 2.02. The lowest BCUT2D eigenvalue weighted by atomic mass is 10.1. The summed E-state index contributed by atoms with van der Waals surface area (Å²) < 4.78 is 1.05. The van der Waals surface area contributed by atoms with Crippen LogP contribution in [0.3, 0.4) is 0 Å². The third kappa shape index (κ3) is 4.69. The minimum absolute atomic E-state index is 0.0437. The summed E-state index contributed by atoms with van der Waals surface area (Å²) in [6.45, 7) is 4.34. The average molecular weight is 347 g/mol. The highest BCUT2D eigenvalue weighted by Crippen LogP contribution is 2.22. The van der Waals surface area contributed by atoms with Gasteiger partial charge in [-0.15, -0.1) is 0 Å². The fraction of sp³-hybridized carbons (Fsp3) is 0.235. The molecule has 2 N–H and O–H groups in total. The van der Waals surface area contributed by atoms with Crippen molar-refractivity contribution in [3.8, 4) is 0 Å². The van der Waals surface area contributed by atoms with E-state index in [1.165, 1.54) is 5.56 Å². The maximum absolute atomic E-state index is 11.9. The largest absolute Gasteiger partial charge is 0.325 e. The number of hydrogen-bond donors (Lipinski definition) is 2. The van der Waals surface area contributed by atoms with Crippen molar-refractivity contribution in [2.45, 2.75) is 19.9 Å². The molecule has 0 bridgehead atoms. The van der Waals surface area contributed by atoms with Crippen molar-refractivity contribution in [3.05, 3.63) is 64.1 Å². The molecule has 0 aliphatic heterocycles. The van der Waals surface area contributed by atoms with Gasteiger partial charge < -0.3 is 10.6 Å². The Bertz CT molecular complexity index is 610. The minimum atomic E-state index is -0.0437. The lowest BCUT2D eigenvalue weighted by Gasteiger charge is -2.15. The Balaban J connectivity index is 1.86. The number of carbonyl (C=O) groups excluding carboxylic acids is 1. The summed E-state index contributed by atoms with van der Waals surface area (Å²) in [6.07, 6.45) is 0. The van der Waals surface area contributed by atoms with E-state index >= 15 is 0 Å². The Morgan fingerprint density at radius 3 is 2.48 bits per heavy atom. The Morgan fingerprint density at radius 1 is 1.14 bits per heavy atom. The van der Waals surface area contributed by atoms with Gasteiger partial charge in [0.05, 0.1) is 6.54 Å². The summed E-state index contributed by atoms with van der Waals surface area (Å²) >= 11 is 3.52. The second-order valence-electron chi connectivity index (χ2n) is 5.04. The van der Waals surface area contributed by atoms with Gasteiger partial charge in [-0.05, 0) is 37.6 Å². The molecule has 0 saturated carbocycles. The molecule has 0 aliphatic carbocycles. The molecular weight excluding hydrogens is 328 g/mol. The molecule has 2 rings (SSSR count). The number of nitrogens with one attached hydrogen (secondary N) is 2. The van der Waals surface area contributed by atoms with Crippen molar-refractivity contribution in [2.24, 2.45) is 0 Å². The van der Waals surface area contributed by atoms with Gasteiger partial charge in [0, 0.05) is 16.2 Å². The topological polar surface area (TPSA) is 41.1 Å². The minimum Gasteiger partial charge on any atom is -0.325 e. The van der Waals surface area contributed by atoms with Gasteiger partial charge in [0.1, 0.15) is 0 Å². The molecule has 0 unspecified atom stereocenters. The number of amides is 1. The standard InChI is InChI=1S/C17H19BrN2O/c1-12-7-9-14(10-8-12)20-17(21)11-19-13(2)15-5-3-4-6-16(15)18/h3-10,13,19H,11H2,1-2H3,(H,20,21)/t13-/m1/s1. The Hall–Kier alpha value is -1.65. The lowest BCUT2D eigenvalue weighted by molar-refractivity contribution is -0.115. The van der Waals surface area contributed by atoms with Gasteiger partial charge in [-0.25, -0.2) is 0 Å². The Kier molecular flexibility index (Phi) is 5.53. The zero-order chi connectivity index (χ0) is 15.2. The number of anilines is 1. The van der Waals surface area contributed by atoms with Crippen LogP contribution in [0.15, 0.2) is 53.0 Å². The van der Waals surface area contributed by atoms with E-state index in [2.05, 4.69) is 26.6 Å². The SMILES string of the molecule is Cc1ccc(NC(=O)CN[C@H](C)c2ccccc2Br)cc1. The van der Waals surface area contributed by atoms with Crippen LogP contribution >= 0.6 is 15.9 Å². The third-order valence-corrected chi connectivity index (χ3v) is 4.00. The van der Waals surface area contributed by atoms with Gasteiger partial charge in [-0.2, -0.15) is 0 Å². The van der Waals surface area contributed by atoms with Crippen molar-refractivity contribution >= 4 is 27.5 Å². The van der Waals surface area contributed by atoms with Crippen molar-refractivity contribution in [1.29, 1.82) is 0 Å². The van der Waals surface area contributed by atoms with Gasteiger partial charge in [-0.1, -0.05) is 51.8 Å². The van der Waals surface area contributed by atoms with E-state index in [-0.39, 0.29) is 18.5 Å². The molecule has 0 heterocycles. The van der Waals surface area contributed by atoms with Crippen molar-refractivity contribution < 1.29 is 4.79 Å². The number of aryl methyl sites for hydroxylation is 1. The second-order valence-corrected chi connectivity index (χ2v) is 5.89. The maximum atomic E-state index is 11.9. The molecule has 21 heavy (non-hydrogen) atoms. The van der Waals surface area contributed by atoms with E-state index < -0.39 is 0 Å². The summed E-state index contributed by atoms with van der Waals surface area (Å²) in [5, 5.41) is 6.11. The lowest BCUT2D eigenvalue weighted by Crippen LogP contribution is -2.30. The zero-order valence-corrected chi connectivity index (χ0v) is 13.8. The first-order valence-electron chi connectivity index (χ1n) is 6.90. The normalized spacial score (nSPS) is 12.0. The highest BCUT2D eigenvalue weighted by molar-refractivity contribution is 9.10. The van der Waals surface area contributed by atoms with Gasteiger partial charge >= 0.3 is 0 Å². The van der Waals surface area contributed by atoms with Gasteiger partial charge in [0.15, 0.2) is 0 Å². The molecule has 3 nitrogen and oxygen atoms in total. The van der Waals surface area contributed by atoms with Crippen LogP contribution in [0.4, 0.5) is 5.69 Å². The monoisotopic (exact) mass is 346 g/mol. The smallest absolute Gasteiger partial charge is 0.238 e. The number of hydrogen-bond acceptors (Lipinski definition) is 2. The van der Waals surface area contributed by atoms with Crippen LogP contribution < -0.4 is 10.6 Å². The molecule has 0 fully saturated rings. The summed E-state index contributed by atoms with van der Waals surface area (Å²) in [5.41, 5.74) is 3.13. The molecule has 0 aliphatic rings. The van der Waals surface area contributed by atoms with Crippen LogP contribution in [-0.2, 0) is 4.79 Å². The van der Waals surface area contributed by atoms with E-state index in [4.69, 9.17) is 0 Å². The highest BCUT2D eigenvalue weighted by atomic mass is 79.9. The predicted molar refractivity (Wildman–Crippen MR) is 90.4 cm³/mol. The van der Waals surface area contributed by atoms with Crippen molar-refractivity contribution in [3.63, 3.8) is 0 Å². The molecule has 0 spiro atoms. The predicted octanol–water partition coefficient (Wildman–Crippen LogP) is 4.05. The summed E-state index contributed by atoms with van der Waals surface area (Å²) in [4.78, 5) is 11.9. The first-order valence-corrected chi connectivity index (χ1v) is 7.70. The van der Waals surface area contributed by atoms with Crippen molar-refractivity contribution in [1.82, 2.24) is 5.32 Å². The van der Waals surface area contributed by atoms with Crippen LogP contribution in [-0.4, -0.2) is 12.5 Å². The van der Waals surface area contributed by atoms with E-state index in [1.807, 2.05) is 62.4 Å². The summed E-state index contributed by atoms with van der Waals surface area (Å²) in [6, 6.07) is 15.9. The first-order chi connectivity index (χ1) is 10.1. The third-order valence-electron chi connectivity index (χ3n) is 3.28. The van der Waals surface area contributed by atoms with E-state index in [0.29, 0.717) is 0 Å². The maximum Gasteiger partial charge on any atom is 0.238 e. The molecule has 2 aromatic carbocycles. The number of benzene rings is 2. The van der Waals surface area contributed by atoms with Crippen LogP contribution in [0.5, 0.6) is 0 Å². The summed E-state index contributed by atoms with van der Waals surface area (Å²) in [7, 11) is 0. The van der Waals surface area contributed by atoms with Gasteiger partial charge in [0.25, 0.3) is 0 Å². The van der Waals surface area contributed by atoms with Gasteiger partial charge in [0.2, 0.25) is 5.91 Å². The average Bonchev–Trinajstić information content (AvgIpc) is 2.48. The molecule has 4 heteroatoms. The molecule has 0 radical (unpaired) electrons. The Morgan fingerprint density at radius 2 is 1.81 bits per heavy atom. The molecular formula is C17H19BrN2O. The van der Waals surface area contributed by atoms with Crippen molar-refractivity contribution in [2.75, 3.05) is 11.9 Å². The van der Waals surface area contributed by atoms with E-state index in [0.717, 1.165) is 15.7 Å². The zero-order valence-electron chi connectivity index (χ0n) is 12.2. The van der Waals surface area contributed by atoms with E-state index in [9.17, 15) is 4.79 Å². The molecule has 2 aromatic rings. The molecule has 0 saturated heterocycles. The Labute approximate surface area is 133 Å². The van der Waals surface area contributed by atoms with Crippen LogP contribution in [0.1, 0.15) is 24.1 Å². The van der Waals surface area contributed by atoms with E-state index in [1.54, 1.807) is 0 Å². The second kappa shape index (κ2) is 7.38. The first kappa shape index (κ1) is 15.7. The van der Waals surface area contributed by atoms with Gasteiger partial charge in [-0.3, -0.25) is 4.79 Å². The number of carbonyl (C=O) groups is 1. The molecule has 1 atom stereocenters. The quantitative estimate of drug-likeness (QED) is 0.857. The number of rotatable bonds is 5. The van der Waals surface area contributed by atoms with Crippen LogP contribution in [0.25, 0.3) is 0 Å². The number of halogens is 1. The molecule has 110 valence electrons. The van der Waals surface area contributed by atoms with Crippen LogP contribution in [0, 0.1) is 6.92 Å².